The quantitative estimate of drug-likeness (QED) is 0.420. The van der Waals surface area contributed by atoms with Gasteiger partial charge in [0.05, 0.1) is 46.1 Å². The monoisotopic (exact) mass is 518 g/mol. The van der Waals surface area contributed by atoms with Crippen molar-refractivity contribution in [3.8, 4) is 0 Å². The van der Waals surface area contributed by atoms with Gasteiger partial charge >= 0.3 is 11.9 Å². The summed E-state index contributed by atoms with van der Waals surface area (Å²) in [4.78, 5) is 41.5. The Kier molecular flexibility index (Phi) is 8.23. The molecule has 0 bridgehead atoms. The number of esters is 2. The summed E-state index contributed by atoms with van der Waals surface area (Å²) in [7, 11) is -2.14. The van der Waals surface area contributed by atoms with Gasteiger partial charge in [0, 0.05) is 0 Å². The molecule has 0 N–H and O–H groups in total. The molecule has 1 aromatic heterocycles. The summed E-state index contributed by atoms with van der Waals surface area (Å²) in [5.74, 6) is -1.46. The Morgan fingerprint density at radius 1 is 1.09 bits per heavy atom. The normalized spacial score (nSPS) is 12.2. The zero-order chi connectivity index (χ0) is 25.8. The number of ether oxygens (including phenoxy) is 2. The van der Waals surface area contributed by atoms with Crippen LogP contribution in [0.1, 0.15) is 36.7 Å². The minimum Gasteiger partial charge on any atom is -0.468 e. The highest BCUT2D eigenvalue weighted by Crippen LogP contribution is 2.21. The van der Waals surface area contributed by atoms with E-state index in [-0.39, 0.29) is 29.3 Å². The van der Waals surface area contributed by atoms with Crippen LogP contribution in [-0.2, 0) is 41.9 Å². The van der Waals surface area contributed by atoms with Crippen LogP contribution in [0.4, 0.5) is 0 Å². The Labute approximate surface area is 206 Å². The van der Waals surface area contributed by atoms with E-state index < -0.39 is 32.9 Å². The van der Waals surface area contributed by atoms with Crippen LogP contribution in [0.5, 0.6) is 0 Å². The number of carbonyl (C=O) groups is 3. The first-order valence-corrected chi connectivity index (χ1v) is 13.2. The Morgan fingerprint density at radius 3 is 2.37 bits per heavy atom. The highest BCUT2D eigenvalue weighted by Gasteiger charge is 2.19. The SMILES string of the molecule is CCOC(=O)c1ccc2c(c1)sc(=NC(=O)Cc1ccc(S(=O)(=O)C(C)C)cc1)n2CC(=O)OC. The van der Waals surface area contributed by atoms with Gasteiger partial charge in [0.2, 0.25) is 0 Å². The fourth-order valence-electron chi connectivity index (χ4n) is 3.24. The second-order valence-corrected chi connectivity index (χ2v) is 11.4. The second-order valence-electron chi connectivity index (χ2n) is 7.87. The zero-order valence-electron chi connectivity index (χ0n) is 19.8. The molecule has 9 nitrogen and oxygen atoms in total. The lowest BCUT2D eigenvalue weighted by molar-refractivity contribution is -0.141. The fraction of sp³-hybridized carbons (Fsp3) is 0.333. The van der Waals surface area contributed by atoms with E-state index in [1.807, 2.05) is 0 Å². The molecule has 0 aliphatic rings. The number of fused-ring (bicyclic) bond motifs is 1. The molecule has 0 aliphatic carbocycles. The van der Waals surface area contributed by atoms with E-state index in [2.05, 4.69) is 4.99 Å². The molecule has 1 heterocycles. The fourth-order valence-corrected chi connectivity index (χ4v) is 5.38. The van der Waals surface area contributed by atoms with Crippen molar-refractivity contribution >= 4 is 49.2 Å². The maximum Gasteiger partial charge on any atom is 0.338 e. The molecule has 3 aromatic rings. The van der Waals surface area contributed by atoms with E-state index in [0.29, 0.717) is 21.3 Å². The molecule has 0 atom stereocenters. The predicted molar refractivity (Wildman–Crippen MR) is 131 cm³/mol. The zero-order valence-corrected chi connectivity index (χ0v) is 21.4. The minimum atomic E-state index is -3.41. The lowest BCUT2D eigenvalue weighted by Crippen LogP contribution is -2.22. The standard InChI is InChI=1S/C24H26N2O7S2/c1-5-33-23(29)17-8-11-19-20(13-17)34-24(26(19)14-22(28)32-4)25-21(27)12-16-6-9-18(10-7-16)35(30,31)15(2)3/h6-11,13,15H,5,12,14H2,1-4H3. The van der Waals surface area contributed by atoms with Gasteiger partial charge in [-0.2, -0.15) is 4.99 Å². The van der Waals surface area contributed by atoms with Crippen molar-refractivity contribution < 1.29 is 32.3 Å². The minimum absolute atomic E-state index is 0.0530. The molecule has 0 aliphatic heterocycles. The van der Waals surface area contributed by atoms with Crippen LogP contribution in [0.15, 0.2) is 52.4 Å². The first-order chi connectivity index (χ1) is 16.6. The number of methoxy groups -OCH3 is 1. The molecule has 35 heavy (non-hydrogen) atoms. The van der Waals surface area contributed by atoms with E-state index in [0.717, 1.165) is 11.3 Å². The third kappa shape index (κ3) is 6.04. The van der Waals surface area contributed by atoms with Crippen LogP contribution in [-0.4, -0.2) is 49.8 Å². The maximum atomic E-state index is 12.7. The summed E-state index contributed by atoms with van der Waals surface area (Å²) in [5, 5.41) is -0.549. The van der Waals surface area contributed by atoms with Gasteiger partial charge in [0.15, 0.2) is 14.6 Å². The highest BCUT2D eigenvalue weighted by atomic mass is 32.2. The van der Waals surface area contributed by atoms with Crippen molar-refractivity contribution in [1.82, 2.24) is 4.57 Å². The lowest BCUT2D eigenvalue weighted by atomic mass is 10.1. The van der Waals surface area contributed by atoms with E-state index in [1.165, 1.54) is 19.2 Å². The number of hydrogen-bond donors (Lipinski definition) is 0. The van der Waals surface area contributed by atoms with Gasteiger partial charge < -0.3 is 14.0 Å². The lowest BCUT2D eigenvalue weighted by Gasteiger charge is -2.08. The third-order valence-electron chi connectivity index (χ3n) is 5.16. The average Bonchev–Trinajstić information content (AvgIpc) is 3.15. The van der Waals surface area contributed by atoms with Gasteiger partial charge in [-0.15, -0.1) is 0 Å². The smallest absolute Gasteiger partial charge is 0.338 e. The van der Waals surface area contributed by atoms with Crippen molar-refractivity contribution in [2.45, 2.75) is 43.9 Å². The number of benzene rings is 2. The molecule has 0 unspecified atom stereocenters. The van der Waals surface area contributed by atoms with Gasteiger partial charge in [-0.3, -0.25) is 9.59 Å². The highest BCUT2D eigenvalue weighted by molar-refractivity contribution is 7.92. The van der Waals surface area contributed by atoms with Crippen LogP contribution >= 0.6 is 11.3 Å². The molecule has 186 valence electrons. The molecule has 1 amide bonds. The van der Waals surface area contributed by atoms with Crippen molar-refractivity contribution in [2.75, 3.05) is 13.7 Å². The van der Waals surface area contributed by atoms with Crippen molar-refractivity contribution in [1.29, 1.82) is 0 Å². The Balaban J connectivity index is 1.95. The summed E-state index contributed by atoms with van der Waals surface area (Å²) in [6.07, 6.45) is -0.0530. The number of sulfone groups is 1. The van der Waals surface area contributed by atoms with E-state index >= 15 is 0 Å². The second kappa shape index (κ2) is 11.0. The van der Waals surface area contributed by atoms with E-state index in [1.54, 1.807) is 55.7 Å². The molecule has 0 spiro atoms. The molecule has 3 rings (SSSR count). The maximum absolute atomic E-state index is 12.7. The molecule has 2 aromatic carbocycles. The number of hydrogen-bond acceptors (Lipinski definition) is 8. The Morgan fingerprint density at radius 2 is 1.77 bits per heavy atom. The average molecular weight is 519 g/mol. The molecule has 0 saturated heterocycles. The van der Waals surface area contributed by atoms with Crippen molar-refractivity contribution in [2.24, 2.45) is 4.99 Å². The third-order valence-corrected chi connectivity index (χ3v) is 8.37. The van der Waals surface area contributed by atoms with E-state index in [9.17, 15) is 22.8 Å². The number of rotatable bonds is 8. The number of amides is 1. The summed E-state index contributed by atoms with van der Waals surface area (Å²) < 4.78 is 36.6. The van der Waals surface area contributed by atoms with E-state index in [4.69, 9.17) is 9.47 Å². The van der Waals surface area contributed by atoms with Crippen LogP contribution in [0.25, 0.3) is 10.2 Å². The molecule has 0 saturated carbocycles. The number of aromatic nitrogens is 1. The molecule has 0 fully saturated rings. The number of thiazole rings is 1. The summed E-state index contributed by atoms with van der Waals surface area (Å²) in [5.41, 5.74) is 1.56. The van der Waals surface area contributed by atoms with Gasteiger partial charge in [-0.1, -0.05) is 23.5 Å². The van der Waals surface area contributed by atoms with Gasteiger partial charge in [0.1, 0.15) is 6.54 Å². The van der Waals surface area contributed by atoms with Crippen LogP contribution in [0.2, 0.25) is 0 Å². The van der Waals surface area contributed by atoms with Crippen LogP contribution in [0, 0.1) is 0 Å². The first kappa shape index (κ1) is 26.3. The van der Waals surface area contributed by atoms with Gasteiger partial charge in [-0.05, 0) is 56.7 Å². The summed E-state index contributed by atoms with van der Waals surface area (Å²) in [6, 6.07) is 11.0. The summed E-state index contributed by atoms with van der Waals surface area (Å²) >= 11 is 1.15. The number of nitrogens with zero attached hydrogens (tertiary/aromatic N) is 2. The van der Waals surface area contributed by atoms with Gasteiger partial charge in [-0.25, -0.2) is 13.2 Å². The molecular weight excluding hydrogens is 492 g/mol. The number of carbonyl (C=O) groups excluding carboxylic acids is 3. The largest absolute Gasteiger partial charge is 0.468 e. The molecule has 11 heteroatoms. The summed E-state index contributed by atoms with van der Waals surface area (Å²) in [6.45, 7) is 5.00. The molecular formula is C24H26N2O7S2. The van der Waals surface area contributed by atoms with Crippen molar-refractivity contribution in [3.05, 3.63) is 58.4 Å². The Hall–Kier alpha value is -3.31. The topological polar surface area (TPSA) is 121 Å². The van der Waals surface area contributed by atoms with Crippen LogP contribution in [0.3, 0.4) is 0 Å². The Bertz CT molecular complexity index is 1430. The predicted octanol–water partition coefficient (Wildman–Crippen LogP) is 2.90. The first-order valence-electron chi connectivity index (χ1n) is 10.8. The van der Waals surface area contributed by atoms with Gasteiger partial charge in [0.25, 0.3) is 5.91 Å². The molecule has 0 radical (unpaired) electrons. The van der Waals surface area contributed by atoms with Crippen LogP contribution < -0.4 is 4.80 Å². The van der Waals surface area contributed by atoms with Crippen molar-refractivity contribution in [3.63, 3.8) is 0 Å².